The molecule has 2 heterocycles. The van der Waals surface area contributed by atoms with Crippen molar-refractivity contribution in [1.29, 1.82) is 0 Å². The first-order valence-corrected chi connectivity index (χ1v) is 11.5. The van der Waals surface area contributed by atoms with Gasteiger partial charge in [0.2, 0.25) is 0 Å². The van der Waals surface area contributed by atoms with E-state index in [0.29, 0.717) is 24.0 Å². The van der Waals surface area contributed by atoms with E-state index >= 15 is 0 Å². The van der Waals surface area contributed by atoms with E-state index in [9.17, 15) is 4.21 Å². The Morgan fingerprint density at radius 2 is 2.14 bits per heavy atom. The molecular formula is C21H31N5OS. The number of nitrogens with zero attached hydrogens (tertiary/aromatic N) is 4. The summed E-state index contributed by atoms with van der Waals surface area (Å²) < 4.78 is 14.2. The van der Waals surface area contributed by atoms with Crippen LogP contribution >= 0.6 is 0 Å². The Kier molecular flexibility index (Phi) is 7.65. The van der Waals surface area contributed by atoms with Gasteiger partial charge in [-0.05, 0) is 36.8 Å². The van der Waals surface area contributed by atoms with Crippen molar-refractivity contribution in [2.75, 3.05) is 31.9 Å². The molecule has 2 atom stereocenters. The summed E-state index contributed by atoms with van der Waals surface area (Å²) in [6, 6.07) is 10.0. The molecular weight excluding hydrogens is 370 g/mol. The van der Waals surface area contributed by atoms with E-state index in [1.54, 1.807) is 0 Å². The van der Waals surface area contributed by atoms with Gasteiger partial charge in [0.15, 0.2) is 5.96 Å². The summed E-state index contributed by atoms with van der Waals surface area (Å²) in [5.41, 5.74) is 2.42. The van der Waals surface area contributed by atoms with E-state index in [2.05, 4.69) is 28.4 Å². The van der Waals surface area contributed by atoms with Crippen LogP contribution in [0.2, 0.25) is 0 Å². The molecule has 28 heavy (non-hydrogen) atoms. The van der Waals surface area contributed by atoms with Crippen molar-refractivity contribution in [3.63, 3.8) is 0 Å². The summed E-state index contributed by atoms with van der Waals surface area (Å²) in [5, 5.41) is 7.66. The molecule has 1 aliphatic rings. The van der Waals surface area contributed by atoms with Crippen LogP contribution in [0.4, 0.5) is 0 Å². The summed E-state index contributed by atoms with van der Waals surface area (Å²) in [6.45, 7) is 5.55. The Balaban J connectivity index is 1.49. The number of aromatic nitrogens is 2. The van der Waals surface area contributed by atoms with Crippen LogP contribution in [-0.4, -0.2) is 56.8 Å². The second-order valence-corrected chi connectivity index (χ2v) is 8.91. The van der Waals surface area contributed by atoms with Gasteiger partial charge in [-0.3, -0.25) is 13.9 Å². The number of likely N-dealkylation sites (tertiary alicyclic amines) is 1. The largest absolute Gasteiger partial charge is 0.357 e. The molecule has 1 aliphatic heterocycles. The highest BCUT2D eigenvalue weighted by Gasteiger charge is 2.25. The number of guanidine groups is 1. The predicted molar refractivity (Wildman–Crippen MR) is 116 cm³/mol. The van der Waals surface area contributed by atoms with Gasteiger partial charge in [0.05, 0.1) is 12.7 Å². The van der Waals surface area contributed by atoms with E-state index in [4.69, 9.17) is 4.99 Å². The standard InChI is InChI=1S/C21H31N5OS/c1-3-22-21(23-10-12-28(27)17-18-7-5-4-6-8-18)26-11-9-19(16-26)13-20-14-24-25(2)15-20/h4-8,14-15,19H,3,9-13,16-17H2,1-2H3,(H,22,23). The molecule has 6 nitrogen and oxygen atoms in total. The summed E-state index contributed by atoms with van der Waals surface area (Å²) in [7, 11) is 1.07. The predicted octanol–water partition coefficient (Wildman–Crippen LogP) is 2.20. The van der Waals surface area contributed by atoms with E-state index in [1.165, 1.54) is 12.0 Å². The van der Waals surface area contributed by atoms with Crippen LogP contribution in [0, 0.1) is 5.92 Å². The van der Waals surface area contributed by atoms with Crippen molar-refractivity contribution in [2.45, 2.75) is 25.5 Å². The smallest absolute Gasteiger partial charge is 0.193 e. The third-order valence-corrected chi connectivity index (χ3v) is 6.25. The Bertz CT molecular complexity index is 789. The van der Waals surface area contributed by atoms with Crippen LogP contribution in [0.1, 0.15) is 24.5 Å². The topological polar surface area (TPSA) is 62.5 Å². The molecule has 0 bridgehead atoms. The molecule has 1 aromatic carbocycles. The fourth-order valence-corrected chi connectivity index (χ4v) is 4.62. The molecule has 7 heteroatoms. The van der Waals surface area contributed by atoms with E-state index in [0.717, 1.165) is 37.6 Å². The van der Waals surface area contributed by atoms with Crippen molar-refractivity contribution < 1.29 is 4.21 Å². The van der Waals surface area contributed by atoms with E-state index < -0.39 is 10.8 Å². The molecule has 1 saturated heterocycles. The minimum Gasteiger partial charge on any atom is -0.357 e. The van der Waals surface area contributed by atoms with Gasteiger partial charge >= 0.3 is 0 Å². The average molecular weight is 402 g/mol. The number of hydrogen-bond acceptors (Lipinski definition) is 3. The summed E-state index contributed by atoms with van der Waals surface area (Å²) in [6.07, 6.45) is 6.29. The van der Waals surface area contributed by atoms with Crippen molar-refractivity contribution in [1.82, 2.24) is 20.0 Å². The van der Waals surface area contributed by atoms with Gasteiger partial charge in [-0.2, -0.15) is 5.10 Å². The third kappa shape index (κ3) is 6.19. The fourth-order valence-electron chi connectivity index (χ4n) is 3.61. The molecule has 2 unspecified atom stereocenters. The maximum atomic E-state index is 12.3. The zero-order valence-corrected chi connectivity index (χ0v) is 17.7. The normalized spacial score (nSPS) is 18.4. The second kappa shape index (κ2) is 10.4. The molecule has 0 aliphatic carbocycles. The Morgan fingerprint density at radius 3 is 2.86 bits per heavy atom. The minimum atomic E-state index is -0.887. The highest BCUT2D eigenvalue weighted by Crippen LogP contribution is 2.20. The number of nitrogens with one attached hydrogen (secondary N) is 1. The van der Waals surface area contributed by atoms with E-state index in [-0.39, 0.29) is 0 Å². The molecule has 1 N–H and O–H groups in total. The van der Waals surface area contributed by atoms with Gasteiger partial charge in [-0.1, -0.05) is 30.3 Å². The van der Waals surface area contributed by atoms with Crippen LogP contribution in [0.3, 0.4) is 0 Å². The zero-order valence-electron chi connectivity index (χ0n) is 16.9. The molecule has 0 radical (unpaired) electrons. The molecule has 2 aromatic rings. The zero-order chi connectivity index (χ0) is 19.8. The lowest BCUT2D eigenvalue weighted by molar-refractivity contribution is 0.460. The monoisotopic (exact) mass is 401 g/mol. The van der Waals surface area contributed by atoms with Gasteiger partial charge in [-0.15, -0.1) is 0 Å². The lowest BCUT2D eigenvalue weighted by atomic mass is 10.0. The summed E-state index contributed by atoms with van der Waals surface area (Å²) in [4.78, 5) is 7.08. The summed E-state index contributed by atoms with van der Waals surface area (Å²) in [5.74, 6) is 2.77. The van der Waals surface area contributed by atoms with Gasteiger partial charge in [0, 0.05) is 55.2 Å². The van der Waals surface area contributed by atoms with Crippen LogP contribution in [0.5, 0.6) is 0 Å². The molecule has 3 rings (SSSR count). The average Bonchev–Trinajstić information content (AvgIpc) is 3.31. The van der Waals surface area contributed by atoms with Crippen molar-refractivity contribution in [2.24, 2.45) is 18.0 Å². The summed E-state index contributed by atoms with van der Waals surface area (Å²) >= 11 is 0. The van der Waals surface area contributed by atoms with Crippen LogP contribution in [-0.2, 0) is 30.0 Å². The Hall–Kier alpha value is -2.15. The Morgan fingerprint density at radius 1 is 1.32 bits per heavy atom. The van der Waals surface area contributed by atoms with Gasteiger partial charge < -0.3 is 10.2 Å². The van der Waals surface area contributed by atoms with Crippen molar-refractivity contribution in [3.05, 3.63) is 53.9 Å². The fraction of sp³-hybridized carbons (Fsp3) is 0.524. The molecule has 152 valence electrons. The maximum Gasteiger partial charge on any atom is 0.193 e. The highest BCUT2D eigenvalue weighted by molar-refractivity contribution is 7.84. The SMILES string of the molecule is CCNC(=NCCS(=O)Cc1ccccc1)N1CCC(Cc2cnn(C)c2)C1. The molecule has 0 saturated carbocycles. The first-order chi connectivity index (χ1) is 13.6. The number of aliphatic imine (C=N–C) groups is 1. The number of benzene rings is 1. The molecule has 1 fully saturated rings. The van der Waals surface area contributed by atoms with Gasteiger partial charge in [0.25, 0.3) is 0 Å². The second-order valence-electron chi connectivity index (χ2n) is 7.34. The Labute approximate surface area is 170 Å². The quantitative estimate of drug-likeness (QED) is 0.544. The van der Waals surface area contributed by atoms with Crippen LogP contribution in [0.15, 0.2) is 47.7 Å². The van der Waals surface area contributed by atoms with Crippen molar-refractivity contribution in [3.8, 4) is 0 Å². The van der Waals surface area contributed by atoms with Crippen LogP contribution < -0.4 is 5.32 Å². The number of aryl methyl sites for hydroxylation is 1. The van der Waals surface area contributed by atoms with Crippen molar-refractivity contribution >= 4 is 16.8 Å². The first kappa shape index (κ1) is 20.6. The first-order valence-electron chi connectivity index (χ1n) is 10.0. The molecule has 0 amide bonds. The molecule has 1 aromatic heterocycles. The lowest BCUT2D eigenvalue weighted by Crippen LogP contribution is -2.40. The number of rotatable bonds is 8. The third-order valence-electron chi connectivity index (χ3n) is 4.95. The van der Waals surface area contributed by atoms with E-state index in [1.807, 2.05) is 48.3 Å². The van der Waals surface area contributed by atoms with Gasteiger partial charge in [0.1, 0.15) is 0 Å². The maximum absolute atomic E-state index is 12.3. The molecule has 0 spiro atoms. The number of hydrogen-bond donors (Lipinski definition) is 1. The lowest BCUT2D eigenvalue weighted by Gasteiger charge is -2.21. The van der Waals surface area contributed by atoms with Crippen LogP contribution in [0.25, 0.3) is 0 Å². The highest BCUT2D eigenvalue weighted by atomic mass is 32.2. The minimum absolute atomic E-state index is 0.589. The van der Waals surface area contributed by atoms with Gasteiger partial charge in [-0.25, -0.2) is 0 Å².